The number of nitrogens with zero attached hydrogens (tertiary/aromatic N) is 3. The number of rotatable bonds is 9. The molecule has 1 aliphatic rings. The number of likely N-dealkylation sites (tertiary alicyclic amines) is 1. The van der Waals surface area contributed by atoms with E-state index in [2.05, 4.69) is 40.7 Å². The summed E-state index contributed by atoms with van der Waals surface area (Å²) in [6, 6.07) is 17.8. The molecule has 1 saturated heterocycles. The van der Waals surface area contributed by atoms with E-state index in [0.717, 1.165) is 36.0 Å². The quantitative estimate of drug-likeness (QED) is 0.342. The fourth-order valence-corrected chi connectivity index (χ4v) is 5.04. The van der Waals surface area contributed by atoms with Crippen LogP contribution in [-0.4, -0.2) is 60.4 Å². The predicted molar refractivity (Wildman–Crippen MR) is 161 cm³/mol. The van der Waals surface area contributed by atoms with Gasteiger partial charge in [0.25, 0.3) is 0 Å². The topological polar surface area (TPSA) is 120 Å². The van der Waals surface area contributed by atoms with Gasteiger partial charge in [-0.25, -0.2) is 23.2 Å². The highest BCUT2D eigenvalue weighted by molar-refractivity contribution is 7.91. The highest BCUT2D eigenvalue weighted by Gasteiger charge is 2.28. The van der Waals surface area contributed by atoms with Crippen LogP contribution < -0.4 is 14.2 Å². The van der Waals surface area contributed by atoms with E-state index >= 15 is 0 Å². The number of carbonyl (C=O) groups is 1. The maximum atomic E-state index is 12.3. The predicted octanol–water partition coefficient (Wildman–Crippen LogP) is 5.53. The Kier molecular flexibility index (Phi) is 9.30. The summed E-state index contributed by atoms with van der Waals surface area (Å²) in [4.78, 5) is 22.2. The minimum absolute atomic E-state index is 0.00991. The third kappa shape index (κ3) is 8.82. The van der Waals surface area contributed by atoms with Crippen LogP contribution in [0.25, 0.3) is 0 Å². The Labute approximate surface area is 248 Å². The lowest BCUT2D eigenvalue weighted by Gasteiger charge is -2.33. The number of nitrogens with one attached hydrogen (secondary N) is 1. The van der Waals surface area contributed by atoms with Gasteiger partial charge >= 0.3 is 6.09 Å². The molecule has 4 rings (SSSR count). The Bertz CT molecular complexity index is 1460. The molecule has 1 fully saturated rings. The minimum atomic E-state index is -3.46. The van der Waals surface area contributed by atoms with E-state index in [4.69, 9.17) is 14.2 Å². The van der Waals surface area contributed by atoms with Crippen molar-refractivity contribution in [1.29, 1.82) is 0 Å². The van der Waals surface area contributed by atoms with Crippen molar-refractivity contribution in [3.8, 4) is 11.5 Å². The van der Waals surface area contributed by atoms with Gasteiger partial charge in [0.1, 0.15) is 29.8 Å². The summed E-state index contributed by atoms with van der Waals surface area (Å²) >= 11 is 0. The summed E-state index contributed by atoms with van der Waals surface area (Å²) in [5.74, 6) is 1.50. The molecule has 0 saturated carbocycles. The summed E-state index contributed by atoms with van der Waals surface area (Å²) in [5.41, 5.74) is 2.07. The zero-order valence-electron chi connectivity index (χ0n) is 25.1. The summed E-state index contributed by atoms with van der Waals surface area (Å²) in [6.07, 6.45) is 3.84. The summed E-state index contributed by atoms with van der Waals surface area (Å²) in [5, 5.41) is 0. The molecular formula is C31H40N4O6S. The van der Waals surface area contributed by atoms with Gasteiger partial charge in [0.05, 0.1) is 11.9 Å². The third-order valence-corrected chi connectivity index (χ3v) is 7.48. The number of hydrogen-bond donors (Lipinski definition) is 1. The number of anilines is 1. The Morgan fingerprint density at radius 3 is 2.05 bits per heavy atom. The first-order valence-electron chi connectivity index (χ1n) is 14.0. The van der Waals surface area contributed by atoms with Crippen molar-refractivity contribution >= 4 is 22.1 Å². The standard InChI is InChI=1S/C31H40N4O6S/c1-30(2,3)41-29(36)35-19-16-27(17-20-35)40-26-13-9-23(10-14-26)31(4,5)22-7-11-25(12-8-22)39-21-24-15-18-32-28(33-24)34-42(6,37)38/h7-15,18,27H,16-17,19-21H2,1-6H3,(H,32,33,34). The van der Waals surface area contributed by atoms with Crippen molar-refractivity contribution in [2.75, 3.05) is 24.1 Å². The number of aromatic nitrogens is 2. The van der Waals surface area contributed by atoms with Crippen LogP contribution in [0.2, 0.25) is 0 Å². The van der Waals surface area contributed by atoms with Crippen molar-refractivity contribution < 1.29 is 27.4 Å². The molecule has 0 atom stereocenters. The van der Waals surface area contributed by atoms with Crippen molar-refractivity contribution in [2.24, 2.45) is 0 Å². The number of ether oxygens (including phenoxy) is 3. The fourth-order valence-electron chi connectivity index (χ4n) is 4.61. The molecule has 2 aromatic carbocycles. The van der Waals surface area contributed by atoms with Crippen LogP contribution in [0.3, 0.4) is 0 Å². The van der Waals surface area contributed by atoms with Gasteiger partial charge in [0.2, 0.25) is 16.0 Å². The van der Waals surface area contributed by atoms with E-state index in [9.17, 15) is 13.2 Å². The fraction of sp³-hybridized carbons (Fsp3) is 0.452. The highest BCUT2D eigenvalue weighted by Crippen LogP contribution is 2.34. The summed E-state index contributed by atoms with van der Waals surface area (Å²) in [7, 11) is -3.46. The first-order valence-corrected chi connectivity index (χ1v) is 15.9. The van der Waals surface area contributed by atoms with Gasteiger partial charge < -0.3 is 19.1 Å². The molecule has 226 valence electrons. The molecule has 11 heteroatoms. The number of amides is 1. The van der Waals surface area contributed by atoms with Crippen LogP contribution in [0, 0.1) is 0 Å². The first-order chi connectivity index (χ1) is 19.7. The van der Waals surface area contributed by atoms with E-state index in [1.54, 1.807) is 11.0 Å². The van der Waals surface area contributed by atoms with Crippen LogP contribution >= 0.6 is 0 Å². The lowest BCUT2D eigenvalue weighted by Crippen LogP contribution is -2.44. The van der Waals surface area contributed by atoms with Crippen molar-refractivity contribution in [3.63, 3.8) is 0 Å². The smallest absolute Gasteiger partial charge is 0.410 e. The van der Waals surface area contributed by atoms with Crippen LogP contribution in [0.5, 0.6) is 11.5 Å². The van der Waals surface area contributed by atoms with Gasteiger partial charge in [-0.3, -0.25) is 4.72 Å². The van der Waals surface area contributed by atoms with E-state index in [0.29, 0.717) is 24.5 Å². The van der Waals surface area contributed by atoms with Crippen LogP contribution in [-0.2, 0) is 26.8 Å². The number of piperidine rings is 1. The number of benzene rings is 2. The van der Waals surface area contributed by atoms with Gasteiger partial charge in [-0.2, -0.15) is 0 Å². The minimum Gasteiger partial charge on any atom is -0.490 e. The molecule has 1 aliphatic heterocycles. The molecule has 1 amide bonds. The number of sulfonamides is 1. The Balaban J connectivity index is 1.30. The van der Waals surface area contributed by atoms with E-state index in [-0.39, 0.29) is 30.2 Å². The molecule has 0 aliphatic carbocycles. The molecule has 3 aromatic rings. The second-order valence-corrected chi connectivity index (χ2v) is 13.7. The molecule has 1 N–H and O–H groups in total. The Morgan fingerprint density at radius 2 is 1.50 bits per heavy atom. The lowest BCUT2D eigenvalue weighted by molar-refractivity contribution is 0.0126. The largest absolute Gasteiger partial charge is 0.490 e. The monoisotopic (exact) mass is 596 g/mol. The molecule has 42 heavy (non-hydrogen) atoms. The van der Waals surface area contributed by atoms with Gasteiger partial charge in [0, 0.05) is 37.5 Å². The van der Waals surface area contributed by atoms with Crippen molar-refractivity contribution in [1.82, 2.24) is 14.9 Å². The second-order valence-electron chi connectivity index (χ2n) is 12.0. The third-order valence-electron chi connectivity index (χ3n) is 6.93. The van der Waals surface area contributed by atoms with Gasteiger partial charge in [-0.1, -0.05) is 38.1 Å². The number of carbonyl (C=O) groups excluding carboxylic acids is 1. The average molecular weight is 597 g/mol. The highest BCUT2D eigenvalue weighted by atomic mass is 32.2. The molecule has 0 radical (unpaired) electrons. The molecule has 0 unspecified atom stereocenters. The zero-order chi connectivity index (χ0) is 30.5. The van der Waals surface area contributed by atoms with Crippen LogP contribution in [0.1, 0.15) is 64.3 Å². The van der Waals surface area contributed by atoms with Gasteiger partial charge in [0.15, 0.2) is 0 Å². The summed E-state index contributed by atoms with van der Waals surface area (Å²) in [6.45, 7) is 11.4. The maximum Gasteiger partial charge on any atom is 0.410 e. The van der Waals surface area contributed by atoms with Gasteiger partial charge in [-0.05, 0) is 62.2 Å². The van der Waals surface area contributed by atoms with Crippen LogP contribution in [0.4, 0.5) is 10.7 Å². The van der Waals surface area contributed by atoms with Gasteiger partial charge in [-0.15, -0.1) is 0 Å². The second kappa shape index (κ2) is 12.6. The average Bonchev–Trinajstić information content (AvgIpc) is 2.91. The van der Waals surface area contributed by atoms with E-state index < -0.39 is 15.6 Å². The molecule has 2 heterocycles. The Hall–Kier alpha value is -3.86. The molecule has 0 bridgehead atoms. The van der Waals surface area contributed by atoms with E-state index in [1.807, 2.05) is 57.2 Å². The lowest BCUT2D eigenvalue weighted by atomic mass is 9.78. The normalized spacial score (nSPS) is 14.8. The summed E-state index contributed by atoms with van der Waals surface area (Å²) < 4.78 is 42.7. The molecule has 0 spiro atoms. The number of hydrogen-bond acceptors (Lipinski definition) is 8. The maximum absolute atomic E-state index is 12.3. The van der Waals surface area contributed by atoms with Crippen molar-refractivity contribution in [3.05, 3.63) is 77.6 Å². The van der Waals surface area contributed by atoms with Crippen molar-refractivity contribution in [2.45, 2.75) is 71.2 Å². The zero-order valence-corrected chi connectivity index (χ0v) is 25.9. The first kappa shape index (κ1) is 31.1. The van der Waals surface area contributed by atoms with E-state index in [1.165, 1.54) is 6.20 Å². The Morgan fingerprint density at radius 1 is 0.929 bits per heavy atom. The molecule has 10 nitrogen and oxygen atoms in total. The molecular weight excluding hydrogens is 556 g/mol. The van der Waals surface area contributed by atoms with Crippen LogP contribution in [0.15, 0.2) is 60.8 Å². The SMILES string of the molecule is CC(C)(C)OC(=O)N1CCC(Oc2ccc(C(C)(C)c3ccc(OCc4ccnc(NS(C)(=O)=O)n4)cc3)cc2)CC1. The molecule has 1 aromatic heterocycles.